The van der Waals surface area contributed by atoms with Crippen LogP contribution in [0.1, 0.15) is 25.0 Å². The zero-order valence-electron chi connectivity index (χ0n) is 19.2. The van der Waals surface area contributed by atoms with Crippen molar-refractivity contribution in [2.45, 2.75) is 27.2 Å². The Bertz CT molecular complexity index is 1100. The molecular formula is C23H29ClN4O4S. The van der Waals surface area contributed by atoms with Gasteiger partial charge in [-0.15, -0.1) is 12.4 Å². The van der Waals surface area contributed by atoms with Gasteiger partial charge in [-0.2, -0.15) is 0 Å². The zero-order valence-corrected chi connectivity index (χ0v) is 20.9. The van der Waals surface area contributed by atoms with Gasteiger partial charge in [0.15, 0.2) is 5.13 Å². The number of rotatable bonds is 10. The molecule has 0 radical (unpaired) electrons. The summed E-state index contributed by atoms with van der Waals surface area (Å²) in [5.74, 6) is 0.585. The van der Waals surface area contributed by atoms with Crippen molar-refractivity contribution in [3.8, 4) is 5.75 Å². The highest BCUT2D eigenvalue weighted by Gasteiger charge is 2.22. The highest BCUT2D eigenvalue weighted by Crippen LogP contribution is 2.36. The second-order valence-electron chi connectivity index (χ2n) is 7.43. The molecule has 0 spiro atoms. The maximum absolute atomic E-state index is 13.3. The molecule has 1 heterocycles. The minimum absolute atomic E-state index is 0. The van der Waals surface area contributed by atoms with Crippen LogP contribution in [0.2, 0.25) is 0 Å². The summed E-state index contributed by atoms with van der Waals surface area (Å²) in [6.07, 6.45) is 0.141. The highest BCUT2D eigenvalue weighted by atomic mass is 35.5. The number of halogens is 1. The number of hydrogen-bond donors (Lipinski definition) is 0. The lowest BCUT2D eigenvalue weighted by molar-refractivity contribution is -0.384. The van der Waals surface area contributed by atoms with Gasteiger partial charge in [-0.25, -0.2) is 4.98 Å². The quantitative estimate of drug-likeness (QED) is 0.296. The van der Waals surface area contributed by atoms with Crippen LogP contribution in [0, 0.1) is 17.0 Å². The van der Waals surface area contributed by atoms with Gasteiger partial charge in [-0.05, 0) is 37.2 Å². The van der Waals surface area contributed by atoms with E-state index in [1.807, 2.05) is 19.1 Å². The fourth-order valence-electron chi connectivity index (χ4n) is 3.49. The van der Waals surface area contributed by atoms with Gasteiger partial charge in [-0.1, -0.05) is 43.4 Å². The summed E-state index contributed by atoms with van der Waals surface area (Å²) in [5, 5.41) is 11.5. The number of nitro groups is 1. The van der Waals surface area contributed by atoms with Gasteiger partial charge in [0.2, 0.25) is 5.91 Å². The zero-order chi connectivity index (χ0) is 23.3. The van der Waals surface area contributed by atoms with E-state index in [1.54, 1.807) is 24.1 Å². The van der Waals surface area contributed by atoms with Crippen LogP contribution in [-0.2, 0) is 11.2 Å². The van der Waals surface area contributed by atoms with Crippen LogP contribution in [-0.4, -0.2) is 54.0 Å². The number of carbonyl (C=O) groups excluding carboxylic acids is 1. The first kappa shape index (κ1) is 26.5. The third kappa shape index (κ3) is 6.19. The summed E-state index contributed by atoms with van der Waals surface area (Å²) in [7, 11) is 1.61. The lowest BCUT2D eigenvalue weighted by Gasteiger charge is -2.24. The smallest absolute Gasteiger partial charge is 0.269 e. The Balaban J connectivity index is 0.00000385. The van der Waals surface area contributed by atoms with Gasteiger partial charge in [0.05, 0.1) is 23.2 Å². The van der Waals surface area contributed by atoms with Gasteiger partial charge in [0, 0.05) is 25.2 Å². The normalized spacial score (nSPS) is 10.8. The molecule has 10 heteroatoms. The van der Waals surface area contributed by atoms with Crippen LogP contribution in [0.3, 0.4) is 0 Å². The standard InChI is InChI=1S/C23H28N4O4S.ClH/c1-5-25(6-2)13-14-26(20(28)15-17-8-10-18(11-9-17)27(29)30)23-24-21-19(31-4)12-7-16(3)22(21)32-23;/h7-12H,5-6,13-15H2,1-4H3;1H. The minimum atomic E-state index is -0.446. The number of thiazole rings is 1. The van der Waals surface area contributed by atoms with Crippen LogP contribution in [0.4, 0.5) is 10.8 Å². The van der Waals surface area contributed by atoms with Crippen molar-refractivity contribution in [2.24, 2.45) is 0 Å². The highest BCUT2D eigenvalue weighted by molar-refractivity contribution is 7.22. The van der Waals surface area contributed by atoms with E-state index in [0.29, 0.717) is 17.4 Å². The summed E-state index contributed by atoms with van der Waals surface area (Å²) in [6.45, 7) is 9.24. The molecule has 0 N–H and O–H groups in total. The Morgan fingerprint density at radius 2 is 1.79 bits per heavy atom. The van der Waals surface area contributed by atoms with E-state index < -0.39 is 4.92 Å². The third-order valence-electron chi connectivity index (χ3n) is 5.48. The Kier molecular flexibility index (Phi) is 9.57. The van der Waals surface area contributed by atoms with E-state index in [4.69, 9.17) is 9.72 Å². The Labute approximate surface area is 203 Å². The van der Waals surface area contributed by atoms with E-state index in [9.17, 15) is 14.9 Å². The van der Waals surface area contributed by atoms with Gasteiger partial charge in [0.25, 0.3) is 5.69 Å². The molecular weight excluding hydrogens is 464 g/mol. The van der Waals surface area contributed by atoms with Crippen molar-refractivity contribution < 1.29 is 14.5 Å². The summed E-state index contributed by atoms with van der Waals surface area (Å²) < 4.78 is 6.47. The molecule has 3 aromatic rings. The molecule has 0 saturated carbocycles. The SMILES string of the molecule is CCN(CC)CCN(C(=O)Cc1ccc([N+](=O)[O-])cc1)c1nc2c(OC)ccc(C)c2s1.Cl. The maximum atomic E-state index is 13.3. The first-order chi connectivity index (χ1) is 15.4. The topological polar surface area (TPSA) is 88.8 Å². The van der Waals surface area contributed by atoms with E-state index in [-0.39, 0.29) is 30.4 Å². The number of non-ortho nitro benzene ring substituents is 1. The third-order valence-corrected chi connectivity index (χ3v) is 6.69. The average molecular weight is 493 g/mol. The molecule has 1 amide bonds. The summed E-state index contributed by atoms with van der Waals surface area (Å²) in [6, 6.07) is 9.99. The number of likely N-dealkylation sites (N-methyl/N-ethyl adjacent to an activating group) is 1. The van der Waals surface area contributed by atoms with Crippen LogP contribution >= 0.6 is 23.7 Å². The molecule has 0 aliphatic rings. The molecule has 0 aliphatic heterocycles. The number of aromatic nitrogens is 1. The molecule has 0 aliphatic carbocycles. The number of anilines is 1. The van der Waals surface area contributed by atoms with E-state index >= 15 is 0 Å². The van der Waals surface area contributed by atoms with Gasteiger partial charge < -0.3 is 9.64 Å². The molecule has 0 unspecified atom stereocenters. The molecule has 8 nitrogen and oxygen atoms in total. The Morgan fingerprint density at radius 3 is 2.36 bits per heavy atom. The van der Waals surface area contributed by atoms with Crippen LogP contribution in [0.5, 0.6) is 5.75 Å². The molecule has 3 rings (SSSR count). The van der Waals surface area contributed by atoms with Crippen LogP contribution < -0.4 is 9.64 Å². The van der Waals surface area contributed by atoms with Crippen molar-refractivity contribution in [3.05, 3.63) is 57.6 Å². The minimum Gasteiger partial charge on any atom is -0.494 e. The van der Waals surface area contributed by atoms with Crippen LogP contribution in [0.25, 0.3) is 10.2 Å². The predicted molar refractivity (Wildman–Crippen MR) is 135 cm³/mol. The average Bonchev–Trinajstić information content (AvgIpc) is 3.23. The maximum Gasteiger partial charge on any atom is 0.269 e. The second-order valence-corrected chi connectivity index (χ2v) is 8.41. The Morgan fingerprint density at radius 1 is 1.12 bits per heavy atom. The first-order valence-electron chi connectivity index (χ1n) is 10.6. The number of nitro benzene ring substituents is 1. The van der Waals surface area contributed by atoms with E-state index in [2.05, 4.69) is 18.7 Å². The molecule has 1 aromatic heterocycles. The van der Waals surface area contributed by atoms with Crippen molar-refractivity contribution in [2.75, 3.05) is 38.2 Å². The summed E-state index contributed by atoms with van der Waals surface area (Å²) >= 11 is 1.48. The van der Waals surface area contributed by atoms with Crippen molar-refractivity contribution in [1.29, 1.82) is 0 Å². The first-order valence-corrected chi connectivity index (χ1v) is 11.4. The Hall–Kier alpha value is -2.75. The second kappa shape index (κ2) is 11.9. The van der Waals surface area contributed by atoms with Crippen LogP contribution in [0.15, 0.2) is 36.4 Å². The number of aryl methyl sites for hydroxylation is 1. The van der Waals surface area contributed by atoms with E-state index in [0.717, 1.165) is 41.0 Å². The number of nitrogens with zero attached hydrogens (tertiary/aromatic N) is 4. The van der Waals surface area contributed by atoms with Crippen molar-refractivity contribution >= 4 is 50.7 Å². The largest absolute Gasteiger partial charge is 0.494 e. The molecule has 2 aromatic carbocycles. The number of fused-ring (bicyclic) bond motifs is 1. The molecule has 178 valence electrons. The van der Waals surface area contributed by atoms with E-state index in [1.165, 1.54) is 23.5 Å². The number of methoxy groups -OCH3 is 1. The van der Waals surface area contributed by atoms with Crippen molar-refractivity contribution in [3.63, 3.8) is 0 Å². The lowest BCUT2D eigenvalue weighted by atomic mass is 10.1. The fraction of sp³-hybridized carbons (Fsp3) is 0.391. The lowest BCUT2D eigenvalue weighted by Crippen LogP contribution is -2.39. The number of hydrogen-bond acceptors (Lipinski definition) is 7. The molecule has 0 atom stereocenters. The number of benzene rings is 2. The molecule has 0 bridgehead atoms. The summed E-state index contributed by atoms with van der Waals surface area (Å²) in [5.41, 5.74) is 2.57. The molecule has 0 fully saturated rings. The number of ether oxygens (including phenoxy) is 1. The molecule has 0 saturated heterocycles. The number of carbonyl (C=O) groups is 1. The number of amides is 1. The fourth-order valence-corrected chi connectivity index (χ4v) is 4.59. The van der Waals surface area contributed by atoms with Gasteiger partial charge >= 0.3 is 0 Å². The van der Waals surface area contributed by atoms with Gasteiger partial charge in [0.1, 0.15) is 11.3 Å². The van der Waals surface area contributed by atoms with Gasteiger partial charge in [-0.3, -0.25) is 19.8 Å². The molecule has 33 heavy (non-hydrogen) atoms. The predicted octanol–water partition coefficient (Wildman–Crippen LogP) is 4.86. The monoisotopic (exact) mass is 492 g/mol. The summed E-state index contributed by atoms with van der Waals surface area (Å²) in [4.78, 5) is 32.6. The van der Waals surface area contributed by atoms with Crippen molar-refractivity contribution in [1.82, 2.24) is 9.88 Å².